The number of carbonyl (C=O) groups is 1. The van der Waals surface area contributed by atoms with Crippen molar-refractivity contribution in [2.75, 3.05) is 11.1 Å². The van der Waals surface area contributed by atoms with Crippen LogP contribution in [0.15, 0.2) is 46.9 Å². The number of tetrazole rings is 1. The molecule has 1 amide bonds. The third kappa shape index (κ3) is 4.44. The Morgan fingerprint density at radius 2 is 1.97 bits per heavy atom. The monoisotopic (exact) mass is 439 g/mol. The highest BCUT2D eigenvalue weighted by atomic mass is 32.2. The van der Waals surface area contributed by atoms with Crippen molar-refractivity contribution in [2.24, 2.45) is 0 Å². The summed E-state index contributed by atoms with van der Waals surface area (Å²) in [6.45, 7) is 6.48. The van der Waals surface area contributed by atoms with Crippen LogP contribution in [0.3, 0.4) is 0 Å². The number of aromatic nitrogens is 6. The standard InChI is InChI=1S/C20H21N7OS2/c1-13-6-8-16(9-7-13)27-15(3)19(14(2)23-27)21-18(28)12-30-20-22-24-25-26(20)11-17-5-4-10-29-17/h4-10H,11-12H2,1-3H3,(H,21,28). The zero-order chi connectivity index (χ0) is 21.1. The van der Waals surface area contributed by atoms with E-state index < -0.39 is 0 Å². The predicted molar refractivity (Wildman–Crippen MR) is 118 cm³/mol. The summed E-state index contributed by atoms with van der Waals surface area (Å²) in [6, 6.07) is 12.1. The minimum atomic E-state index is -0.125. The Bertz CT molecular complexity index is 1150. The number of anilines is 1. The lowest BCUT2D eigenvalue weighted by molar-refractivity contribution is -0.113. The predicted octanol–water partition coefficient (Wildman–Crippen LogP) is 3.62. The smallest absolute Gasteiger partial charge is 0.234 e. The van der Waals surface area contributed by atoms with Gasteiger partial charge in [0, 0.05) is 4.88 Å². The van der Waals surface area contributed by atoms with Gasteiger partial charge in [-0.25, -0.2) is 9.36 Å². The van der Waals surface area contributed by atoms with Gasteiger partial charge in [0.15, 0.2) is 0 Å². The van der Waals surface area contributed by atoms with Gasteiger partial charge in [0.25, 0.3) is 0 Å². The molecule has 0 radical (unpaired) electrons. The molecule has 0 atom stereocenters. The largest absolute Gasteiger partial charge is 0.322 e. The van der Waals surface area contributed by atoms with Gasteiger partial charge in [-0.2, -0.15) is 5.10 Å². The summed E-state index contributed by atoms with van der Waals surface area (Å²) in [7, 11) is 0. The summed E-state index contributed by atoms with van der Waals surface area (Å²) in [4.78, 5) is 13.7. The number of carbonyl (C=O) groups excluding carboxylic acids is 1. The van der Waals surface area contributed by atoms with Crippen molar-refractivity contribution >= 4 is 34.7 Å². The van der Waals surface area contributed by atoms with Gasteiger partial charge in [-0.05, 0) is 54.8 Å². The first kappa shape index (κ1) is 20.3. The molecule has 4 rings (SSSR count). The second-order valence-corrected chi connectivity index (χ2v) is 8.80. The van der Waals surface area contributed by atoms with Gasteiger partial charge >= 0.3 is 0 Å². The van der Waals surface area contributed by atoms with E-state index in [1.807, 2.05) is 67.2 Å². The number of amides is 1. The molecule has 0 aliphatic rings. The van der Waals surface area contributed by atoms with Crippen molar-refractivity contribution in [3.8, 4) is 5.69 Å². The Hall–Kier alpha value is -2.98. The van der Waals surface area contributed by atoms with Crippen LogP contribution < -0.4 is 5.32 Å². The molecule has 4 aromatic rings. The maximum Gasteiger partial charge on any atom is 0.234 e. The average Bonchev–Trinajstić information content (AvgIpc) is 3.46. The van der Waals surface area contributed by atoms with E-state index in [-0.39, 0.29) is 11.7 Å². The molecular formula is C20H21N7OS2. The van der Waals surface area contributed by atoms with Crippen molar-refractivity contribution < 1.29 is 4.79 Å². The number of nitrogens with one attached hydrogen (secondary N) is 1. The van der Waals surface area contributed by atoms with E-state index in [2.05, 4.69) is 25.9 Å². The van der Waals surface area contributed by atoms with Crippen molar-refractivity contribution in [3.63, 3.8) is 0 Å². The highest BCUT2D eigenvalue weighted by molar-refractivity contribution is 7.99. The van der Waals surface area contributed by atoms with Crippen molar-refractivity contribution in [1.29, 1.82) is 0 Å². The molecular weight excluding hydrogens is 418 g/mol. The molecule has 3 heterocycles. The van der Waals surface area contributed by atoms with E-state index in [1.54, 1.807) is 16.0 Å². The summed E-state index contributed by atoms with van der Waals surface area (Å²) in [5.74, 6) is 0.0830. The van der Waals surface area contributed by atoms with Gasteiger partial charge in [-0.15, -0.1) is 16.4 Å². The Labute approximate surface area is 182 Å². The molecule has 0 unspecified atom stereocenters. The van der Waals surface area contributed by atoms with Crippen LogP contribution in [-0.2, 0) is 11.3 Å². The first-order valence-corrected chi connectivity index (χ1v) is 11.2. The summed E-state index contributed by atoms with van der Waals surface area (Å²) in [5.41, 5.74) is 4.54. The van der Waals surface area contributed by atoms with Crippen LogP contribution in [0.2, 0.25) is 0 Å². The number of hydrogen-bond acceptors (Lipinski definition) is 7. The molecule has 0 saturated heterocycles. The normalized spacial score (nSPS) is 11.0. The Morgan fingerprint density at radius 3 is 2.70 bits per heavy atom. The maximum atomic E-state index is 12.6. The van der Waals surface area contributed by atoms with Gasteiger partial charge in [-0.3, -0.25) is 4.79 Å². The van der Waals surface area contributed by atoms with E-state index in [9.17, 15) is 4.79 Å². The fraction of sp³-hybridized carbons (Fsp3) is 0.250. The minimum Gasteiger partial charge on any atom is -0.322 e. The summed E-state index contributed by atoms with van der Waals surface area (Å²) in [6.07, 6.45) is 0. The topological polar surface area (TPSA) is 90.5 Å². The maximum absolute atomic E-state index is 12.6. The lowest BCUT2D eigenvalue weighted by Crippen LogP contribution is -2.16. The molecule has 0 bridgehead atoms. The van der Waals surface area contributed by atoms with Gasteiger partial charge in [0.1, 0.15) is 0 Å². The molecule has 1 N–H and O–H groups in total. The highest BCUT2D eigenvalue weighted by Gasteiger charge is 2.17. The van der Waals surface area contributed by atoms with Crippen LogP contribution in [0.5, 0.6) is 0 Å². The highest BCUT2D eigenvalue weighted by Crippen LogP contribution is 2.24. The summed E-state index contributed by atoms with van der Waals surface area (Å²) >= 11 is 2.96. The summed E-state index contributed by atoms with van der Waals surface area (Å²) < 4.78 is 3.55. The number of benzene rings is 1. The van der Waals surface area contributed by atoms with Crippen LogP contribution in [0.4, 0.5) is 5.69 Å². The molecule has 3 aromatic heterocycles. The molecule has 154 valence electrons. The molecule has 0 fully saturated rings. The Kier molecular flexibility index (Phi) is 5.96. The minimum absolute atomic E-state index is 0.125. The third-order valence-electron chi connectivity index (χ3n) is 4.55. The van der Waals surface area contributed by atoms with Gasteiger partial charge < -0.3 is 5.32 Å². The number of nitrogens with zero attached hydrogens (tertiary/aromatic N) is 6. The molecule has 30 heavy (non-hydrogen) atoms. The quantitative estimate of drug-likeness (QED) is 0.442. The second-order valence-electron chi connectivity index (χ2n) is 6.83. The van der Waals surface area contributed by atoms with Crippen LogP contribution in [0, 0.1) is 20.8 Å². The Morgan fingerprint density at radius 1 is 1.17 bits per heavy atom. The van der Waals surface area contributed by atoms with E-state index >= 15 is 0 Å². The number of hydrogen-bond donors (Lipinski definition) is 1. The van der Waals surface area contributed by atoms with E-state index in [0.717, 1.165) is 27.6 Å². The van der Waals surface area contributed by atoms with Crippen molar-refractivity contribution in [3.05, 3.63) is 63.6 Å². The van der Waals surface area contributed by atoms with Crippen LogP contribution >= 0.6 is 23.1 Å². The SMILES string of the molecule is Cc1ccc(-n2nc(C)c(NC(=O)CSc3nnnn3Cc3cccs3)c2C)cc1. The third-order valence-corrected chi connectivity index (χ3v) is 6.37. The van der Waals surface area contributed by atoms with Gasteiger partial charge in [0.05, 0.1) is 35.1 Å². The Balaban J connectivity index is 1.42. The molecule has 1 aromatic carbocycles. The van der Waals surface area contributed by atoms with E-state index in [1.165, 1.54) is 17.3 Å². The first-order valence-electron chi connectivity index (χ1n) is 9.35. The fourth-order valence-corrected chi connectivity index (χ4v) is 4.38. The second kappa shape index (κ2) is 8.80. The molecule has 0 spiro atoms. The molecule has 0 aliphatic heterocycles. The molecule has 0 saturated carbocycles. The van der Waals surface area contributed by atoms with Gasteiger partial charge in [0.2, 0.25) is 11.1 Å². The molecule has 0 aliphatic carbocycles. The number of aryl methyl sites for hydroxylation is 2. The van der Waals surface area contributed by atoms with Crippen LogP contribution in [0.25, 0.3) is 5.69 Å². The van der Waals surface area contributed by atoms with Crippen molar-refractivity contribution in [2.45, 2.75) is 32.5 Å². The first-order chi connectivity index (χ1) is 14.5. The molecule has 8 nitrogen and oxygen atoms in total. The van der Waals surface area contributed by atoms with Crippen molar-refractivity contribution in [1.82, 2.24) is 30.0 Å². The zero-order valence-corrected chi connectivity index (χ0v) is 18.5. The zero-order valence-electron chi connectivity index (χ0n) is 16.9. The lowest BCUT2D eigenvalue weighted by Gasteiger charge is -2.07. The molecule has 10 heteroatoms. The van der Waals surface area contributed by atoms with E-state index in [0.29, 0.717) is 11.7 Å². The van der Waals surface area contributed by atoms with Crippen LogP contribution in [-0.4, -0.2) is 41.6 Å². The van der Waals surface area contributed by atoms with E-state index in [4.69, 9.17) is 0 Å². The lowest BCUT2D eigenvalue weighted by atomic mass is 10.2. The number of thioether (sulfide) groups is 1. The average molecular weight is 440 g/mol. The van der Waals surface area contributed by atoms with Crippen LogP contribution in [0.1, 0.15) is 21.8 Å². The van der Waals surface area contributed by atoms with Gasteiger partial charge in [-0.1, -0.05) is 35.5 Å². The number of thiophene rings is 1. The summed E-state index contributed by atoms with van der Waals surface area (Å²) in [5, 5.41) is 22.0. The fourth-order valence-electron chi connectivity index (χ4n) is 3.02. The number of rotatable bonds is 7.